The summed E-state index contributed by atoms with van der Waals surface area (Å²) in [5.41, 5.74) is 1.91. The van der Waals surface area contributed by atoms with Crippen molar-refractivity contribution in [3.05, 3.63) is 52.5 Å². The van der Waals surface area contributed by atoms with Gasteiger partial charge in [-0.1, -0.05) is 0 Å². The summed E-state index contributed by atoms with van der Waals surface area (Å²) in [5.74, 6) is 0.577. The van der Waals surface area contributed by atoms with Crippen molar-refractivity contribution >= 4 is 23.1 Å². The minimum absolute atomic E-state index is 0.0202. The molecule has 0 saturated carbocycles. The number of ether oxygens (including phenoxy) is 1. The fraction of sp³-hybridized carbons (Fsp3) is 0.522. The van der Waals surface area contributed by atoms with Gasteiger partial charge in [-0.25, -0.2) is 4.98 Å². The molecule has 5 rings (SSSR count). The van der Waals surface area contributed by atoms with Gasteiger partial charge in [0, 0.05) is 62.9 Å². The molecule has 0 aliphatic carbocycles. The van der Waals surface area contributed by atoms with Crippen molar-refractivity contribution < 1.29 is 14.5 Å². The van der Waals surface area contributed by atoms with E-state index >= 15 is 0 Å². The average molecular weight is 453 g/mol. The summed E-state index contributed by atoms with van der Waals surface area (Å²) in [4.78, 5) is 39.8. The van der Waals surface area contributed by atoms with Crippen LogP contribution in [0.4, 0.5) is 17.2 Å². The summed E-state index contributed by atoms with van der Waals surface area (Å²) in [6.07, 6.45) is 5.51. The Morgan fingerprint density at radius 1 is 1.15 bits per heavy atom. The number of morpholine rings is 1. The summed E-state index contributed by atoms with van der Waals surface area (Å²) < 4.78 is 5.83. The number of fused-ring (bicyclic) bond motifs is 3. The molecule has 0 unspecified atom stereocenters. The van der Waals surface area contributed by atoms with E-state index in [1.165, 1.54) is 0 Å². The van der Waals surface area contributed by atoms with Crippen molar-refractivity contribution in [1.29, 1.82) is 0 Å². The Morgan fingerprint density at radius 3 is 2.64 bits per heavy atom. The van der Waals surface area contributed by atoms with Gasteiger partial charge in [-0.2, -0.15) is 0 Å². The van der Waals surface area contributed by atoms with Gasteiger partial charge in [0.2, 0.25) is 5.91 Å². The lowest BCUT2D eigenvalue weighted by Gasteiger charge is -2.50. The Labute approximate surface area is 192 Å². The largest absolute Gasteiger partial charge is 0.372 e. The smallest absolute Gasteiger partial charge is 0.269 e. The molecule has 174 valence electrons. The van der Waals surface area contributed by atoms with E-state index in [1.807, 2.05) is 24.8 Å². The number of benzene rings is 1. The van der Waals surface area contributed by atoms with Gasteiger partial charge in [0.25, 0.3) is 5.69 Å². The van der Waals surface area contributed by atoms with Crippen LogP contribution in [0.5, 0.6) is 0 Å². The van der Waals surface area contributed by atoms with Crippen molar-refractivity contribution in [2.24, 2.45) is 5.92 Å². The lowest BCUT2D eigenvalue weighted by molar-refractivity contribution is -0.384. The fourth-order valence-corrected chi connectivity index (χ4v) is 5.46. The van der Waals surface area contributed by atoms with Crippen LogP contribution in [0.25, 0.3) is 0 Å². The molecule has 0 spiro atoms. The molecular weight excluding hydrogens is 424 g/mol. The summed E-state index contributed by atoms with van der Waals surface area (Å²) in [6.45, 7) is 7.16. The van der Waals surface area contributed by atoms with Gasteiger partial charge in [-0.3, -0.25) is 19.9 Å². The highest BCUT2D eigenvalue weighted by atomic mass is 16.6. The van der Waals surface area contributed by atoms with Crippen LogP contribution >= 0.6 is 0 Å². The zero-order valence-corrected chi connectivity index (χ0v) is 18.8. The van der Waals surface area contributed by atoms with Crippen LogP contribution in [0.2, 0.25) is 0 Å². The van der Waals surface area contributed by atoms with Crippen molar-refractivity contribution in [1.82, 2.24) is 14.9 Å². The van der Waals surface area contributed by atoms with Gasteiger partial charge >= 0.3 is 0 Å². The standard InChI is InChI=1S/C23H28N6O4/c1-15-12-27(13-16(2)33-15)23(30)19-10-17-9-18(29(31)32)3-4-20(17)28-8-7-26(14-21(19)28)22-11-24-5-6-25-22/h3-6,9,11,15-16,19,21H,7-8,10,12-14H2,1-2H3/t15-,16+,19-,21-/m1/s1. The SMILES string of the molecule is C[C@@H]1CN(C(=O)[C@@H]2Cc3cc([N+](=O)[O-])ccc3N3CCN(c4cnccn4)C[C@H]23)C[C@H](C)O1. The second-order valence-corrected chi connectivity index (χ2v) is 9.15. The van der Waals surface area contributed by atoms with E-state index in [-0.39, 0.29) is 40.7 Å². The number of nitro benzene ring substituents is 1. The molecule has 33 heavy (non-hydrogen) atoms. The number of carbonyl (C=O) groups excluding carboxylic acids is 1. The zero-order valence-electron chi connectivity index (χ0n) is 18.8. The van der Waals surface area contributed by atoms with Gasteiger partial charge in [-0.15, -0.1) is 0 Å². The van der Waals surface area contributed by atoms with Crippen molar-refractivity contribution in [2.75, 3.05) is 42.5 Å². The molecule has 0 N–H and O–H groups in total. The number of amides is 1. The van der Waals surface area contributed by atoms with Crippen LogP contribution in [0, 0.1) is 16.0 Å². The first-order valence-electron chi connectivity index (χ1n) is 11.4. The van der Waals surface area contributed by atoms with E-state index in [0.717, 1.165) is 23.6 Å². The van der Waals surface area contributed by atoms with Gasteiger partial charge in [0.1, 0.15) is 5.82 Å². The van der Waals surface area contributed by atoms with Gasteiger partial charge in [0.15, 0.2) is 0 Å². The Morgan fingerprint density at radius 2 is 1.94 bits per heavy atom. The molecule has 1 aromatic carbocycles. The predicted octanol–water partition coefficient (Wildman–Crippen LogP) is 1.89. The van der Waals surface area contributed by atoms with Crippen molar-refractivity contribution in [3.63, 3.8) is 0 Å². The van der Waals surface area contributed by atoms with E-state index in [1.54, 1.807) is 30.7 Å². The van der Waals surface area contributed by atoms with Gasteiger partial charge in [0.05, 0.1) is 35.3 Å². The molecule has 2 fully saturated rings. The highest BCUT2D eigenvalue weighted by Gasteiger charge is 2.44. The first-order valence-corrected chi connectivity index (χ1v) is 11.4. The molecule has 2 aromatic rings. The molecule has 4 heterocycles. The summed E-state index contributed by atoms with van der Waals surface area (Å²) in [6, 6.07) is 4.96. The number of nitrogens with zero attached hydrogens (tertiary/aromatic N) is 6. The van der Waals surface area contributed by atoms with E-state index in [9.17, 15) is 14.9 Å². The molecule has 3 aliphatic heterocycles. The predicted molar refractivity (Wildman–Crippen MR) is 122 cm³/mol. The second-order valence-electron chi connectivity index (χ2n) is 9.15. The third kappa shape index (κ3) is 4.10. The highest BCUT2D eigenvalue weighted by molar-refractivity contribution is 5.83. The number of rotatable bonds is 3. The second kappa shape index (κ2) is 8.58. The molecule has 1 amide bonds. The topological polar surface area (TPSA) is 105 Å². The number of piperazine rings is 1. The Hall–Kier alpha value is -3.27. The van der Waals surface area contributed by atoms with E-state index in [2.05, 4.69) is 19.8 Å². The lowest BCUT2D eigenvalue weighted by atomic mass is 9.82. The van der Waals surface area contributed by atoms with Crippen molar-refractivity contribution in [2.45, 2.75) is 38.5 Å². The van der Waals surface area contributed by atoms with E-state index in [0.29, 0.717) is 32.6 Å². The molecule has 2 saturated heterocycles. The third-order valence-electron chi connectivity index (χ3n) is 6.83. The maximum Gasteiger partial charge on any atom is 0.269 e. The van der Waals surface area contributed by atoms with Crippen LogP contribution in [-0.2, 0) is 16.0 Å². The van der Waals surface area contributed by atoms with Crippen LogP contribution < -0.4 is 9.80 Å². The molecule has 10 nitrogen and oxygen atoms in total. The number of non-ortho nitro benzene ring substituents is 1. The van der Waals surface area contributed by atoms with Crippen molar-refractivity contribution in [3.8, 4) is 0 Å². The minimum atomic E-state index is -0.374. The number of carbonyl (C=O) groups is 1. The maximum absolute atomic E-state index is 13.8. The first kappa shape index (κ1) is 21.6. The highest BCUT2D eigenvalue weighted by Crippen LogP contribution is 2.39. The monoisotopic (exact) mass is 452 g/mol. The Bertz CT molecular complexity index is 1040. The molecule has 1 aromatic heterocycles. The van der Waals surface area contributed by atoms with E-state index in [4.69, 9.17) is 4.74 Å². The normalized spacial score (nSPS) is 27.0. The maximum atomic E-state index is 13.8. The van der Waals surface area contributed by atoms with E-state index < -0.39 is 0 Å². The number of aromatic nitrogens is 2. The average Bonchev–Trinajstić information content (AvgIpc) is 2.82. The molecule has 0 bridgehead atoms. The van der Waals surface area contributed by atoms with Gasteiger partial charge < -0.3 is 19.4 Å². The molecular formula is C23H28N6O4. The van der Waals surface area contributed by atoms with Crippen LogP contribution in [0.3, 0.4) is 0 Å². The molecule has 10 heteroatoms. The molecule has 0 radical (unpaired) electrons. The van der Waals surface area contributed by atoms with Crippen LogP contribution in [-0.4, -0.2) is 76.7 Å². The summed E-state index contributed by atoms with van der Waals surface area (Å²) >= 11 is 0. The van der Waals surface area contributed by atoms with Gasteiger partial charge in [-0.05, 0) is 31.9 Å². The molecule has 3 aliphatic rings. The van der Waals surface area contributed by atoms with Crippen LogP contribution in [0.15, 0.2) is 36.8 Å². The fourth-order valence-electron chi connectivity index (χ4n) is 5.46. The lowest BCUT2D eigenvalue weighted by Crippen LogP contribution is -2.62. The quantitative estimate of drug-likeness (QED) is 0.514. The first-order chi connectivity index (χ1) is 15.9. The van der Waals surface area contributed by atoms with Crippen LogP contribution in [0.1, 0.15) is 19.4 Å². The number of hydrogen-bond acceptors (Lipinski definition) is 8. The number of hydrogen-bond donors (Lipinski definition) is 0. The third-order valence-corrected chi connectivity index (χ3v) is 6.83. The summed E-state index contributed by atoms with van der Waals surface area (Å²) in [7, 11) is 0. The number of nitro groups is 1. The number of anilines is 2. The summed E-state index contributed by atoms with van der Waals surface area (Å²) in [5, 5.41) is 11.4. The zero-order chi connectivity index (χ0) is 23.1. The molecule has 4 atom stereocenters. The minimum Gasteiger partial charge on any atom is -0.372 e. The Balaban J connectivity index is 1.49. The Kier molecular flexibility index (Phi) is 5.61.